The van der Waals surface area contributed by atoms with Crippen molar-refractivity contribution in [2.45, 2.75) is 52.5 Å². The van der Waals surface area contributed by atoms with E-state index in [1.54, 1.807) is 27.4 Å². The molecule has 0 saturated heterocycles. The Kier molecular flexibility index (Phi) is 13.2. The Balaban J connectivity index is 0. The third-order valence-corrected chi connectivity index (χ3v) is 6.35. The Morgan fingerprint density at radius 2 is 1.71 bits per heavy atom. The first-order valence-electron chi connectivity index (χ1n) is 7.74. The Bertz CT molecular complexity index is 638. The molecule has 3 rings (SSSR count). The summed E-state index contributed by atoms with van der Waals surface area (Å²) in [4.78, 5) is 0. The molecule has 1 aliphatic rings. The molecular weight excluding hydrogens is 411 g/mol. The van der Waals surface area contributed by atoms with Crippen LogP contribution in [0.5, 0.6) is 0 Å². The zero-order chi connectivity index (χ0) is 14.1. The fourth-order valence-corrected chi connectivity index (χ4v) is 4.77. The first kappa shape index (κ1) is 26.6. The number of hydrogen-bond acceptors (Lipinski definition) is 0. The normalized spacial score (nSPS) is 12.0. The molecule has 0 heterocycles. The van der Waals surface area contributed by atoms with E-state index in [1.807, 2.05) is 0 Å². The van der Waals surface area contributed by atoms with Gasteiger partial charge in [0.05, 0.1) is 9.52 Å². The molecule has 0 fully saturated rings. The molecule has 0 atom stereocenters. The second kappa shape index (κ2) is 11.9. The summed E-state index contributed by atoms with van der Waals surface area (Å²) in [5.41, 5.74) is 9.44. The van der Waals surface area contributed by atoms with E-state index in [0.717, 1.165) is 9.52 Å². The summed E-state index contributed by atoms with van der Waals surface area (Å²) >= 11 is 0. The van der Waals surface area contributed by atoms with E-state index >= 15 is 0 Å². The second-order valence-electron chi connectivity index (χ2n) is 6.11. The van der Waals surface area contributed by atoms with Crippen molar-refractivity contribution in [1.82, 2.24) is 0 Å². The van der Waals surface area contributed by atoms with Crippen LogP contribution in [0.1, 0.15) is 46.2 Å². The molecule has 0 unspecified atom stereocenters. The van der Waals surface area contributed by atoms with E-state index in [4.69, 9.17) is 0 Å². The van der Waals surface area contributed by atoms with Crippen molar-refractivity contribution in [3.05, 3.63) is 57.6 Å². The van der Waals surface area contributed by atoms with Gasteiger partial charge in [-0.25, -0.2) is 6.07 Å². The number of fused-ring (bicyclic) bond motifs is 1. The van der Waals surface area contributed by atoms with Gasteiger partial charge in [-0.1, -0.05) is 62.0 Å². The average Bonchev–Trinajstić information content (AvgIpc) is 2.78. The largest absolute Gasteiger partial charge is 4.00 e. The van der Waals surface area contributed by atoms with Crippen LogP contribution in [0.15, 0.2) is 24.3 Å². The molecule has 0 saturated carbocycles. The van der Waals surface area contributed by atoms with Crippen LogP contribution in [0, 0.1) is 20.8 Å². The molecule has 0 amide bonds. The second-order valence-corrected chi connectivity index (χ2v) is 7.35. The summed E-state index contributed by atoms with van der Waals surface area (Å²) in [6.07, 6.45) is 5.39. The summed E-state index contributed by atoms with van der Waals surface area (Å²) in [6, 6.07) is 10.5. The Morgan fingerprint density at radius 1 is 1.04 bits per heavy atom. The van der Waals surface area contributed by atoms with Crippen LogP contribution >= 0.6 is 0 Å². The van der Waals surface area contributed by atoms with Gasteiger partial charge in [-0.15, -0.1) is 0 Å². The van der Waals surface area contributed by atoms with Gasteiger partial charge in [0.25, 0.3) is 0 Å². The molecule has 24 heavy (non-hydrogen) atoms. The number of aryl methyl sites for hydroxylation is 2. The van der Waals surface area contributed by atoms with E-state index in [9.17, 15) is 0 Å². The summed E-state index contributed by atoms with van der Waals surface area (Å²) in [5.74, 6) is 0. The van der Waals surface area contributed by atoms with Crippen LogP contribution in [0.4, 0.5) is 0 Å². The molecule has 0 aromatic heterocycles. The van der Waals surface area contributed by atoms with Gasteiger partial charge in [-0.05, 0) is 25.0 Å². The van der Waals surface area contributed by atoms with Gasteiger partial charge >= 0.3 is 21.7 Å². The minimum Gasteiger partial charge on any atom is -1.00 e. The van der Waals surface area contributed by atoms with Crippen molar-refractivity contribution in [1.29, 1.82) is 0 Å². The van der Waals surface area contributed by atoms with Crippen LogP contribution < -0.4 is 42.4 Å². The van der Waals surface area contributed by atoms with Gasteiger partial charge in [0.15, 0.2) is 0 Å². The number of rotatable bonds is 3. The van der Waals surface area contributed by atoms with Gasteiger partial charge < -0.3 is 37.2 Å². The van der Waals surface area contributed by atoms with E-state index < -0.39 is 0 Å². The van der Waals surface area contributed by atoms with Crippen molar-refractivity contribution in [3.8, 4) is 0 Å². The van der Waals surface area contributed by atoms with Crippen molar-refractivity contribution < 1.29 is 58.9 Å². The molecule has 0 nitrogen and oxygen atoms in total. The maximum atomic E-state index is 2.50. The summed E-state index contributed by atoms with van der Waals surface area (Å²) in [6.45, 7) is 6.82. The third kappa shape index (κ3) is 5.69. The molecule has 2 aromatic rings. The van der Waals surface area contributed by atoms with Crippen LogP contribution in [0.3, 0.4) is 0 Å². The summed E-state index contributed by atoms with van der Waals surface area (Å²) < 4.78 is 0. The third-order valence-electron chi connectivity index (χ3n) is 4.87. The molecule has 5 heteroatoms. The van der Waals surface area contributed by atoms with Crippen molar-refractivity contribution in [3.63, 3.8) is 0 Å². The standard InChI is InChI=1S/C19H23Si.3ClH.Ti/c1-13-7-6-10-19(14(13)2)20-12-17-11-16-8-4-5-9-18(16)15(17)3;;;;/h6-7,10-11H,4-5,8-9,12H2,1-3H3;3*1H;/q-1;;;;+4/p-3. The van der Waals surface area contributed by atoms with E-state index in [-0.39, 0.29) is 58.9 Å². The van der Waals surface area contributed by atoms with Gasteiger partial charge in [-0.3, -0.25) is 0 Å². The van der Waals surface area contributed by atoms with Gasteiger partial charge in [0.2, 0.25) is 0 Å². The molecule has 1 aliphatic carbocycles. The van der Waals surface area contributed by atoms with Crippen molar-refractivity contribution >= 4 is 14.7 Å². The quantitative estimate of drug-likeness (QED) is 0.335. The Labute approximate surface area is 182 Å². The first-order valence-corrected chi connectivity index (χ1v) is 8.94. The van der Waals surface area contributed by atoms with Crippen molar-refractivity contribution in [2.24, 2.45) is 0 Å². The fourth-order valence-electron chi connectivity index (χ4n) is 3.35. The summed E-state index contributed by atoms with van der Waals surface area (Å²) in [7, 11) is 0.906. The number of benzene rings is 1. The maximum absolute atomic E-state index is 2.50. The van der Waals surface area contributed by atoms with Gasteiger partial charge in [0, 0.05) is 0 Å². The van der Waals surface area contributed by atoms with Gasteiger partial charge in [-0.2, -0.15) is 22.3 Å². The predicted octanol–water partition coefficient (Wildman–Crippen LogP) is -5.25. The van der Waals surface area contributed by atoms with E-state index in [2.05, 4.69) is 45.0 Å². The molecule has 0 N–H and O–H groups in total. The van der Waals surface area contributed by atoms with Crippen molar-refractivity contribution in [2.75, 3.05) is 0 Å². The van der Waals surface area contributed by atoms with Gasteiger partial charge in [0.1, 0.15) is 0 Å². The summed E-state index contributed by atoms with van der Waals surface area (Å²) in [5, 5.41) is 1.54. The number of halogens is 3. The van der Waals surface area contributed by atoms with Crippen LogP contribution in [0.25, 0.3) is 0 Å². The van der Waals surface area contributed by atoms with Crippen LogP contribution in [-0.2, 0) is 40.6 Å². The maximum Gasteiger partial charge on any atom is 4.00 e. The minimum absolute atomic E-state index is 0. The molecule has 128 valence electrons. The molecule has 2 aromatic carbocycles. The fraction of sp³-hybridized carbons (Fsp3) is 0.421. The SMILES string of the molecule is Cc1cccc([Si]Cc2cc3c([c-]2C)CCCC3)c1C.[Cl-].[Cl-].[Cl-].[Ti+4]. The Hall–Kier alpha value is 0.371. The zero-order valence-electron chi connectivity index (χ0n) is 14.5. The zero-order valence-corrected chi connectivity index (χ0v) is 19.3. The Morgan fingerprint density at radius 3 is 2.38 bits per heavy atom. The first-order chi connectivity index (χ1) is 9.66. The predicted molar refractivity (Wildman–Crippen MR) is 88.4 cm³/mol. The minimum atomic E-state index is 0. The average molecular weight is 434 g/mol. The van der Waals surface area contributed by atoms with E-state index in [1.165, 1.54) is 42.9 Å². The molecule has 0 aliphatic heterocycles. The topological polar surface area (TPSA) is 0 Å². The van der Waals surface area contributed by atoms with E-state index in [0.29, 0.717) is 0 Å². The number of hydrogen-bond donors (Lipinski definition) is 0. The molecular formula is C19H23Cl3SiTi. The smallest absolute Gasteiger partial charge is 1.00 e. The molecule has 0 spiro atoms. The molecule has 0 bridgehead atoms. The molecule has 2 radical (unpaired) electrons. The monoisotopic (exact) mass is 432 g/mol. The van der Waals surface area contributed by atoms with Crippen LogP contribution in [-0.4, -0.2) is 9.52 Å². The van der Waals surface area contributed by atoms with Crippen LogP contribution in [0.2, 0.25) is 0 Å².